The first kappa shape index (κ1) is 18.0. The van der Waals surface area contributed by atoms with Crippen molar-refractivity contribution < 1.29 is 13.5 Å². The van der Waals surface area contributed by atoms with E-state index in [0.29, 0.717) is 18.4 Å². The number of ether oxygens (including phenoxy) is 1. The highest BCUT2D eigenvalue weighted by Crippen LogP contribution is 2.31. The third-order valence-electron chi connectivity index (χ3n) is 4.99. The van der Waals surface area contributed by atoms with Crippen LogP contribution in [0.3, 0.4) is 0 Å². The normalized spacial score (nSPS) is 18.3. The van der Waals surface area contributed by atoms with Crippen LogP contribution >= 0.6 is 0 Å². The lowest BCUT2D eigenvalue weighted by Gasteiger charge is -2.36. The minimum absolute atomic E-state index is 0.322. The minimum atomic E-state index is -2.19. The Morgan fingerprint density at radius 3 is 2.84 bits per heavy atom. The Morgan fingerprint density at radius 1 is 1.40 bits per heavy atom. The van der Waals surface area contributed by atoms with Crippen molar-refractivity contribution >= 4 is 28.0 Å². The van der Waals surface area contributed by atoms with Crippen LogP contribution in [0.15, 0.2) is 24.5 Å². The highest BCUT2D eigenvalue weighted by atomic mass is 32.2. The van der Waals surface area contributed by atoms with Crippen LogP contribution in [0.1, 0.15) is 19.8 Å². The van der Waals surface area contributed by atoms with Crippen LogP contribution in [0.4, 0.5) is 5.82 Å². The molecule has 1 aromatic carbocycles. The van der Waals surface area contributed by atoms with E-state index in [1.54, 1.807) is 13.4 Å². The first-order chi connectivity index (χ1) is 12.1. The van der Waals surface area contributed by atoms with E-state index in [9.17, 15) is 8.76 Å². The lowest BCUT2D eigenvalue weighted by atomic mass is 9.85. The van der Waals surface area contributed by atoms with Gasteiger partial charge in [-0.05, 0) is 42.9 Å². The van der Waals surface area contributed by atoms with Crippen molar-refractivity contribution in [2.75, 3.05) is 31.6 Å². The van der Waals surface area contributed by atoms with Crippen LogP contribution in [-0.2, 0) is 11.3 Å². The van der Waals surface area contributed by atoms with Gasteiger partial charge in [0.2, 0.25) is 0 Å². The Morgan fingerprint density at radius 2 is 2.16 bits per heavy atom. The fourth-order valence-corrected chi connectivity index (χ4v) is 3.85. The highest BCUT2D eigenvalue weighted by molar-refractivity contribution is 7.77. The Bertz CT molecular complexity index is 750. The fraction of sp³-hybridized carbons (Fsp3) is 0.529. The summed E-state index contributed by atoms with van der Waals surface area (Å²) >= 11 is -2.19. The maximum Gasteiger partial charge on any atom is 0.140 e. The van der Waals surface area contributed by atoms with E-state index in [4.69, 9.17) is 4.74 Å². The Hall–Kier alpha value is -1.77. The largest absolute Gasteiger partial charge is 0.760 e. The van der Waals surface area contributed by atoms with E-state index in [-0.39, 0.29) is 0 Å². The molecule has 2 unspecified atom stereocenters. The summed E-state index contributed by atoms with van der Waals surface area (Å²) in [5.41, 5.74) is 0.906. The number of fused-ring (bicyclic) bond motifs is 1. The minimum Gasteiger partial charge on any atom is -0.760 e. The van der Waals surface area contributed by atoms with Crippen molar-refractivity contribution in [2.45, 2.75) is 19.8 Å². The molecule has 0 saturated carbocycles. The van der Waals surface area contributed by atoms with Gasteiger partial charge in [0.1, 0.15) is 17.9 Å². The summed E-state index contributed by atoms with van der Waals surface area (Å²) < 4.78 is 29.1. The number of benzene rings is 1. The van der Waals surface area contributed by atoms with Crippen molar-refractivity contribution in [3.8, 4) is 5.75 Å². The molecule has 0 spiro atoms. The average Bonchev–Trinajstić information content (AvgIpc) is 2.65. The number of hydrogen-bond acceptors (Lipinski definition) is 6. The summed E-state index contributed by atoms with van der Waals surface area (Å²) in [5.74, 6) is 2.56. The number of piperidine rings is 1. The molecule has 0 amide bonds. The molecule has 3 rings (SSSR count). The number of methoxy groups -OCH3 is 1. The van der Waals surface area contributed by atoms with Gasteiger partial charge in [0.15, 0.2) is 0 Å². The predicted octanol–water partition coefficient (Wildman–Crippen LogP) is 1.87. The van der Waals surface area contributed by atoms with Crippen LogP contribution in [0, 0.1) is 11.8 Å². The van der Waals surface area contributed by atoms with Crippen LogP contribution in [0.25, 0.3) is 10.9 Å². The average molecular weight is 363 g/mol. The standard InChI is InChI=1S/C17H24N4O3S/c1-12(10-20-25(22)23)13-5-7-21(8-6-13)17-15-9-14(24-2)3-4-16(15)18-11-19-17/h3-4,9,11-13,20H,5-8,10H2,1-2H3,(H,22,23)/p-1. The molecular weight excluding hydrogens is 340 g/mol. The van der Waals surface area contributed by atoms with Gasteiger partial charge in [-0.1, -0.05) is 6.92 Å². The van der Waals surface area contributed by atoms with Crippen molar-refractivity contribution in [3.05, 3.63) is 24.5 Å². The Labute approximate surface area is 150 Å². The molecule has 1 saturated heterocycles. The number of nitrogens with one attached hydrogen (secondary N) is 1. The summed E-state index contributed by atoms with van der Waals surface area (Å²) in [7, 11) is 1.65. The highest BCUT2D eigenvalue weighted by Gasteiger charge is 2.25. The van der Waals surface area contributed by atoms with Gasteiger partial charge in [0.05, 0.1) is 12.6 Å². The van der Waals surface area contributed by atoms with Gasteiger partial charge in [-0.25, -0.2) is 14.7 Å². The van der Waals surface area contributed by atoms with E-state index in [2.05, 4.69) is 26.5 Å². The first-order valence-corrected chi connectivity index (χ1v) is 9.52. The molecule has 8 heteroatoms. The smallest absolute Gasteiger partial charge is 0.140 e. The summed E-state index contributed by atoms with van der Waals surface area (Å²) in [6.07, 6.45) is 3.64. The Kier molecular flexibility index (Phi) is 5.82. The SMILES string of the molecule is COc1ccc2ncnc(N3CCC(C(C)CNS(=O)[O-])CC3)c2c1. The number of aromatic nitrogens is 2. The number of nitrogens with zero attached hydrogens (tertiary/aromatic N) is 3. The molecular formula is C17H23N4O3S-. The van der Waals surface area contributed by atoms with Gasteiger partial charge >= 0.3 is 0 Å². The van der Waals surface area contributed by atoms with Gasteiger partial charge in [-0.3, -0.25) is 4.21 Å². The van der Waals surface area contributed by atoms with Gasteiger partial charge in [0, 0.05) is 36.3 Å². The maximum atomic E-state index is 10.7. The lowest BCUT2D eigenvalue weighted by Crippen LogP contribution is -2.38. The van der Waals surface area contributed by atoms with Crippen LogP contribution in [0.5, 0.6) is 5.75 Å². The van der Waals surface area contributed by atoms with E-state index in [0.717, 1.165) is 48.4 Å². The third-order valence-corrected chi connectivity index (χ3v) is 5.39. The quantitative estimate of drug-likeness (QED) is 0.788. The summed E-state index contributed by atoms with van der Waals surface area (Å²) in [4.78, 5) is 11.1. The Balaban J connectivity index is 1.70. The lowest BCUT2D eigenvalue weighted by molar-refractivity contribution is 0.292. The van der Waals surface area contributed by atoms with E-state index in [1.165, 1.54) is 0 Å². The predicted molar refractivity (Wildman–Crippen MR) is 97.1 cm³/mol. The molecule has 0 aliphatic carbocycles. The second-order valence-electron chi connectivity index (χ2n) is 6.47. The monoisotopic (exact) mass is 363 g/mol. The molecule has 1 aromatic heterocycles. The molecule has 1 aliphatic heterocycles. The molecule has 1 fully saturated rings. The second-order valence-corrected chi connectivity index (χ2v) is 7.22. The molecule has 0 bridgehead atoms. The zero-order valence-electron chi connectivity index (χ0n) is 14.5. The summed E-state index contributed by atoms with van der Waals surface area (Å²) in [5, 5.41) is 0.997. The topological polar surface area (TPSA) is 90.4 Å². The zero-order chi connectivity index (χ0) is 17.8. The molecule has 7 nitrogen and oxygen atoms in total. The van der Waals surface area contributed by atoms with Gasteiger partial charge in [0.25, 0.3) is 0 Å². The van der Waals surface area contributed by atoms with Crippen molar-refractivity contribution in [3.63, 3.8) is 0 Å². The van der Waals surface area contributed by atoms with Crippen LogP contribution in [0.2, 0.25) is 0 Å². The molecule has 2 heterocycles. The van der Waals surface area contributed by atoms with Crippen molar-refractivity contribution in [2.24, 2.45) is 11.8 Å². The van der Waals surface area contributed by atoms with Crippen LogP contribution < -0.4 is 14.4 Å². The van der Waals surface area contributed by atoms with Gasteiger partial charge in [-0.2, -0.15) is 0 Å². The van der Waals surface area contributed by atoms with E-state index < -0.39 is 11.3 Å². The summed E-state index contributed by atoms with van der Waals surface area (Å²) in [6, 6.07) is 5.83. The number of hydrogen-bond donors (Lipinski definition) is 1. The van der Waals surface area contributed by atoms with Crippen LogP contribution in [-0.4, -0.2) is 45.5 Å². The van der Waals surface area contributed by atoms with Crippen molar-refractivity contribution in [1.29, 1.82) is 0 Å². The molecule has 136 valence electrons. The second kappa shape index (κ2) is 8.07. The third kappa shape index (κ3) is 4.26. The molecule has 25 heavy (non-hydrogen) atoms. The van der Waals surface area contributed by atoms with E-state index >= 15 is 0 Å². The fourth-order valence-electron chi connectivity index (χ4n) is 3.45. The molecule has 2 aromatic rings. The molecule has 2 atom stereocenters. The number of anilines is 1. The number of rotatable bonds is 6. The van der Waals surface area contributed by atoms with Gasteiger partial charge < -0.3 is 14.2 Å². The van der Waals surface area contributed by atoms with E-state index in [1.807, 2.05) is 18.2 Å². The zero-order valence-corrected chi connectivity index (χ0v) is 15.3. The molecule has 0 radical (unpaired) electrons. The first-order valence-electron chi connectivity index (χ1n) is 8.45. The van der Waals surface area contributed by atoms with Gasteiger partial charge in [-0.15, -0.1) is 0 Å². The maximum absolute atomic E-state index is 10.7. The molecule has 1 N–H and O–H groups in total. The van der Waals surface area contributed by atoms with Crippen molar-refractivity contribution in [1.82, 2.24) is 14.7 Å². The molecule has 1 aliphatic rings. The summed E-state index contributed by atoms with van der Waals surface area (Å²) in [6.45, 7) is 4.40.